The number of imidazole rings is 1. The van der Waals surface area contributed by atoms with Gasteiger partial charge in [-0.15, -0.1) is 0 Å². The summed E-state index contributed by atoms with van der Waals surface area (Å²) in [5.74, 6) is 0.458. The van der Waals surface area contributed by atoms with Crippen LogP contribution in [0.15, 0.2) is 54.7 Å². The van der Waals surface area contributed by atoms with Crippen molar-refractivity contribution < 1.29 is 18.0 Å². The van der Waals surface area contributed by atoms with Crippen molar-refractivity contribution in [2.75, 3.05) is 6.54 Å². The van der Waals surface area contributed by atoms with Crippen LogP contribution < -0.4 is 5.32 Å². The van der Waals surface area contributed by atoms with Gasteiger partial charge in [-0.1, -0.05) is 23.7 Å². The molecular formula is C20H17ClF3N3O. The Morgan fingerprint density at radius 2 is 1.75 bits per heavy atom. The quantitative estimate of drug-likeness (QED) is 0.625. The minimum absolute atomic E-state index is 0.0249. The van der Waals surface area contributed by atoms with Gasteiger partial charge in [0.25, 0.3) is 0 Å². The third-order valence-corrected chi connectivity index (χ3v) is 4.36. The molecule has 0 fully saturated rings. The van der Waals surface area contributed by atoms with Gasteiger partial charge >= 0.3 is 6.18 Å². The van der Waals surface area contributed by atoms with Crippen molar-refractivity contribution in [1.29, 1.82) is 0 Å². The number of nitrogens with one attached hydrogen (secondary N) is 2. The fourth-order valence-corrected chi connectivity index (χ4v) is 2.76. The third kappa shape index (κ3) is 5.36. The highest BCUT2D eigenvalue weighted by Crippen LogP contribution is 2.29. The Morgan fingerprint density at radius 1 is 1.07 bits per heavy atom. The Hall–Kier alpha value is -2.80. The number of carbonyl (C=O) groups is 1. The highest BCUT2D eigenvalue weighted by Gasteiger charge is 2.29. The van der Waals surface area contributed by atoms with E-state index in [-0.39, 0.29) is 12.3 Å². The molecule has 3 aromatic rings. The van der Waals surface area contributed by atoms with E-state index in [0.717, 1.165) is 23.4 Å². The van der Waals surface area contributed by atoms with E-state index in [2.05, 4.69) is 15.3 Å². The lowest BCUT2D eigenvalue weighted by atomic mass is 10.1. The summed E-state index contributed by atoms with van der Waals surface area (Å²) < 4.78 is 37.6. The van der Waals surface area contributed by atoms with Gasteiger partial charge in [-0.05, 0) is 42.0 Å². The second-order valence-corrected chi connectivity index (χ2v) is 6.67. The van der Waals surface area contributed by atoms with Crippen LogP contribution in [0.1, 0.15) is 16.8 Å². The number of benzene rings is 2. The van der Waals surface area contributed by atoms with E-state index < -0.39 is 11.7 Å². The molecule has 0 spiro atoms. The number of halogens is 4. The summed E-state index contributed by atoms with van der Waals surface area (Å²) in [6, 6.07) is 11.9. The van der Waals surface area contributed by atoms with Crippen molar-refractivity contribution in [3.05, 3.63) is 76.6 Å². The average molecular weight is 408 g/mol. The number of nitrogens with zero attached hydrogens (tertiary/aromatic N) is 1. The Kier molecular flexibility index (Phi) is 6.04. The van der Waals surface area contributed by atoms with Crippen LogP contribution in [0.25, 0.3) is 11.4 Å². The summed E-state index contributed by atoms with van der Waals surface area (Å²) in [4.78, 5) is 19.5. The smallest absolute Gasteiger partial charge is 0.355 e. The molecule has 1 heterocycles. The van der Waals surface area contributed by atoms with Gasteiger partial charge in [-0.3, -0.25) is 4.79 Å². The summed E-state index contributed by atoms with van der Waals surface area (Å²) in [5.41, 5.74) is 1.56. The molecule has 4 nitrogen and oxygen atoms in total. The van der Waals surface area contributed by atoms with Crippen LogP contribution in [0.2, 0.25) is 5.02 Å². The highest BCUT2D eigenvalue weighted by atomic mass is 35.5. The number of alkyl halides is 3. The average Bonchev–Trinajstić information content (AvgIpc) is 3.11. The fraction of sp³-hybridized carbons (Fsp3) is 0.200. The van der Waals surface area contributed by atoms with Crippen LogP contribution in [-0.4, -0.2) is 22.4 Å². The highest BCUT2D eigenvalue weighted by molar-refractivity contribution is 6.30. The Morgan fingerprint density at radius 3 is 2.39 bits per heavy atom. The fourth-order valence-electron chi connectivity index (χ4n) is 2.64. The zero-order valence-corrected chi connectivity index (χ0v) is 15.4. The second kappa shape index (κ2) is 8.48. The lowest BCUT2D eigenvalue weighted by molar-refractivity contribution is -0.137. The first-order valence-corrected chi connectivity index (χ1v) is 8.92. The van der Waals surface area contributed by atoms with Crippen molar-refractivity contribution in [3.63, 3.8) is 0 Å². The minimum atomic E-state index is -4.38. The van der Waals surface area contributed by atoms with E-state index in [0.29, 0.717) is 29.4 Å². The topological polar surface area (TPSA) is 57.8 Å². The summed E-state index contributed by atoms with van der Waals surface area (Å²) in [6.07, 6.45) is -2.10. The van der Waals surface area contributed by atoms with Crippen molar-refractivity contribution in [2.24, 2.45) is 0 Å². The molecule has 1 aromatic heterocycles. The number of carbonyl (C=O) groups excluding carboxylic acids is 1. The normalized spacial score (nSPS) is 11.4. The predicted molar refractivity (Wildman–Crippen MR) is 101 cm³/mol. The molecule has 0 aliphatic carbocycles. The lowest BCUT2D eigenvalue weighted by Gasteiger charge is -2.08. The number of amides is 1. The zero-order valence-electron chi connectivity index (χ0n) is 14.7. The zero-order chi connectivity index (χ0) is 20.1. The van der Waals surface area contributed by atoms with Gasteiger partial charge in [0.2, 0.25) is 5.91 Å². The van der Waals surface area contributed by atoms with Gasteiger partial charge in [-0.25, -0.2) is 4.98 Å². The van der Waals surface area contributed by atoms with Crippen LogP contribution in [0.4, 0.5) is 13.2 Å². The van der Waals surface area contributed by atoms with Crippen molar-refractivity contribution in [3.8, 4) is 11.4 Å². The molecule has 3 rings (SSSR count). The summed E-state index contributed by atoms with van der Waals surface area (Å²) >= 11 is 5.87. The maximum Gasteiger partial charge on any atom is 0.416 e. The van der Waals surface area contributed by atoms with Crippen molar-refractivity contribution in [1.82, 2.24) is 15.3 Å². The van der Waals surface area contributed by atoms with E-state index in [1.54, 1.807) is 18.3 Å². The first kappa shape index (κ1) is 19.9. The Balaban J connectivity index is 1.47. The molecule has 0 radical (unpaired) electrons. The molecule has 0 unspecified atom stereocenters. The Labute approximate surface area is 164 Å². The van der Waals surface area contributed by atoms with Gasteiger partial charge in [0.1, 0.15) is 5.82 Å². The molecule has 8 heteroatoms. The van der Waals surface area contributed by atoms with Crippen LogP contribution in [-0.2, 0) is 23.8 Å². The molecule has 2 N–H and O–H groups in total. The van der Waals surface area contributed by atoms with Crippen LogP contribution >= 0.6 is 11.6 Å². The van der Waals surface area contributed by atoms with E-state index in [1.165, 1.54) is 12.1 Å². The molecule has 0 saturated heterocycles. The molecule has 0 saturated carbocycles. The van der Waals surface area contributed by atoms with Crippen molar-refractivity contribution in [2.45, 2.75) is 19.0 Å². The van der Waals surface area contributed by atoms with Gasteiger partial charge in [0.05, 0.1) is 12.0 Å². The van der Waals surface area contributed by atoms with Crippen LogP contribution in [0, 0.1) is 0 Å². The molecule has 0 atom stereocenters. The largest absolute Gasteiger partial charge is 0.416 e. The number of H-pyrrole nitrogens is 1. The number of hydrogen-bond donors (Lipinski definition) is 2. The van der Waals surface area contributed by atoms with Crippen LogP contribution in [0.5, 0.6) is 0 Å². The third-order valence-electron chi connectivity index (χ3n) is 4.11. The van der Waals surface area contributed by atoms with Gasteiger partial charge in [0.15, 0.2) is 0 Å². The predicted octanol–water partition coefficient (Wildman–Crippen LogP) is 4.65. The molecule has 1 amide bonds. The number of aromatic amines is 1. The second-order valence-electron chi connectivity index (χ2n) is 6.24. The van der Waals surface area contributed by atoms with Gasteiger partial charge < -0.3 is 10.3 Å². The van der Waals surface area contributed by atoms with Crippen molar-refractivity contribution >= 4 is 17.5 Å². The molecule has 0 bridgehead atoms. The first-order valence-electron chi connectivity index (χ1n) is 8.54. The van der Waals surface area contributed by atoms with E-state index in [4.69, 9.17) is 11.6 Å². The summed E-state index contributed by atoms with van der Waals surface area (Å²) in [5, 5.41) is 3.40. The monoisotopic (exact) mass is 407 g/mol. The lowest BCUT2D eigenvalue weighted by Crippen LogP contribution is -2.27. The summed E-state index contributed by atoms with van der Waals surface area (Å²) in [7, 11) is 0. The molecule has 146 valence electrons. The Bertz CT molecular complexity index is 935. The van der Waals surface area contributed by atoms with Gasteiger partial charge in [0, 0.05) is 35.4 Å². The van der Waals surface area contributed by atoms with E-state index in [1.807, 2.05) is 12.1 Å². The number of hydrogen-bond acceptors (Lipinski definition) is 2. The minimum Gasteiger partial charge on any atom is -0.355 e. The van der Waals surface area contributed by atoms with Crippen LogP contribution in [0.3, 0.4) is 0 Å². The molecule has 2 aromatic carbocycles. The molecule has 28 heavy (non-hydrogen) atoms. The van der Waals surface area contributed by atoms with E-state index in [9.17, 15) is 18.0 Å². The number of rotatable bonds is 6. The molecule has 0 aliphatic heterocycles. The number of aromatic nitrogens is 2. The van der Waals surface area contributed by atoms with Gasteiger partial charge in [-0.2, -0.15) is 13.2 Å². The molecule has 0 aliphatic rings. The van der Waals surface area contributed by atoms with E-state index >= 15 is 0 Å². The maximum absolute atomic E-state index is 12.5. The summed E-state index contributed by atoms with van der Waals surface area (Å²) in [6.45, 7) is 0.391. The maximum atomic E-state index is 12.5. The molecular weight excluding hydrogens is 391 g/mol. The SMILES string of the molecule is O=C(Cc1ccc(C(F)(F)F)cc1)NCCc1cnc(-c2ccc(Cl)cc2)[nH]1. The standard InChI is InChI=1S/C20H17ClF3N3O/c21-16-7-3-14(4-8-16)19-26-12-17(27-19)9-10-25-18(28)11-13-1-5-15(6-2-13)20(22,23)24/h1-8,12H,9-11H2,(H,25,28)(H,26,27). The first-order chi connectivity index (χ1) is 13.3.